The number of piperidine rings is 1. The lowest BCUT2D eigenvalue weighted by Crippen LogP contribution is -2.44. The van der Waals surface area contributed by atoms with E-state index >= 15 is 0 Å². The van der Waals surface area contributed by atoms with Gasteiger partial charge >= 0.3 is 0 Å². The van der Waals surface area contributed by atoms with E-state index in [0.717, 1.165) is 48.6 Å². The fourth-order valence-electron chi connectivity index (χ4n) is 4.16. The first-order valence-electron chi connectivity index (χ1n) is 10.4. The number of H-pyrrole nitrogens is 1. The molecule has 29 heavy (non-hydrogen) atoms. The molecule has 7 heteroatoms. The van der Waals surface area contributed by atoms with Crippen LogP contribution in [0.3, 0.4) is 0 Å². The van der Waals surface area contributed by atoms with Crippen molar-refractivity contribution in [3.05, 3.63) is 41.2 Å². The van der Waals surface area contributed by atoms with Gasteiger partial charge in [-0.2, -0.15) is 0 Å². The van der Waals surface area contributed by atoms with Crippen molar-refractivity contribution in [1.29, 1.82) is 0 Å². The van der Waals surface area contributed by atoms with E-state index in [-0.39, 0.29) is 17.8 Å². The minimum Gasteiger partial charge on any atom is -0.495 e. The molecule has 1 saturated heterocycles. The Kier molecular flexibility index (Phi) is 5.67. The number of likely N-dealkylation sites (tertiary alicyclic amines) is 1. The molecule has 1 fully saturated rings. The van der Waals surface area contributed by atoms with E-state index in [1.165, 1.54) is 0 Å². The molecule has 3 N–H and O–H groups in total. The maximum Gasteiger partial charge on any atom is 0.222 e. The first kappa shape index (κ1) is 19.6. The summed E-state index contributed by atoms with van der Waals surface area (Å²) in [7, 11) is 4.06. The fraction of sp³-hybridized carbons (Fsp3) is 0.500. The average Bonchev–Trinajstić information content (AvgIpc) is 3.08. The summed E-state index contributed by atoms with van der Waals surface area (Å²) in [6.45, 7) is 2.63. The Morgan fingerprint density at radius 3 is 2.93 bits per heavy atom. The van der Waals surface area contributed by atoms with Crippen LogP contribution >= 0.6 is 0 Å². The number of aromatic amines is 1. The summed E-state index contributed by atoms with van der Waals surface area (Å²) in [6.07, 6.45) is 11.4. The maximum atomic E-state index is 12.5. The van der Waals surface area contributed by atoms with Crippen LogP contribution in [0.5, 0.6) is 5.88 Å². The molecule has 1 aromatic rings. The number of allylic oxidation sites excluding steroid dienone is 1. The summed E-state index contributed by atoms with van der Waals surface area (Å²) < 4.78 is 5.89. The molecular weight excluding hydrogens is 368 g/mol. The molecule has 1 aliphatic carbocycles. The molecule has 4 rings (SSSR count). The van der Waals surface area contributed by atoms with Crippen molar-refractivity contribution < 1.29 is 14.6 Å². The number of amides is 1. The minimum absolute atomic E-state index is 0.0673. The summed E-state index contributed by atoms with van der Waals surface area (Å²) in [5.41, 5.74) is 2.02. The third kappa shape index (κ3) is 4.50. The van der Waals surface area contributed by atoms with Gasteiger partial charge in [-0.1, -0.05) is 6.08 Å². The molecule has 0 saturated carbocycles. The van der Waals surface area contributed by atoms with Crippen LogP contribution < -0.4 is 5.32 Å². The molecule has 0 aromatic carbocycles. The van der Waals surface area contributed by atoms with Crippen molar-refractivity contribution in [2.75, 3.05) is 39.1 Å². The number of nitrogens with zero attached hydrogens (tertiary/aromatic N) is 2. The number of anilines is 1. The van der Waals surface area contributed by atoms with Crippen LogP contribution in [0.4, 0.5) is 5.82 Å². The van der Waals surface area contributed by atoms with Crippen LogP contribution in [-0.4, -0.2) is 71.7 Å². The lowest BCUT2D eigenvalue weighted by molar-refractivity contribution is -0.133. The zero-order valence-electron chi connectivity index (χ0n) is 17.1. The molecule has 2 aliphatic heterocycles. The van der Waals surface area contributed by atoms with Crippen LogP contribution in [0.15, 0.2) is 35.6 Å². The van der Waals surface area contributed by atoms with Crippen LogP contribution in [-0.2, 0) is 9.53 Å². The number of rotatable bonds is 6. The molecule has 0 spiro atoms. The third-order valence-electron chi connectivity index (χ3n) is 6.01. The number of carbonyl (C=O) groups excluding carboxylic acids is 1. The number of hydrogen-bond acceptors (Lipinski definition) is 5. The van der Waals surface area contributed by atoms with E-state index < -0.39 is 0 Å². The monoisotopic (exact) mass is 398 g/mol. The van der Waals surface area contributed by atoms with Crippen LogP contribution in [0.2, 0.25) is 0 Å². The lowest BCUT2D eigenvalue weighted by Gasteiger charge is -2.35. The van der Waals surface area contributed by atoms with E-state index in [1.807, 2.05) is 36.3 Å². The molecule has 1 unspecified atom stereocenters. The number of carbonyl (C=O) groups is 1. The Hall–Kier alpha value is -2.67. The Bertz CT molecular complexity index is 846. The summed E-state index contributed by atoms with van der Waals surface area (Å²) in [4.78, 5) is 19.6. The zero-order chi connectivity index (χ0) is 20.4. The number of nitrogens with one attached hydrogen (secondary N) is 2. The normalized spacial score (nSPS) is 21.5. The largest absolute Gasteiger partial charge is 0.495 e. The predicted molar refractivity (Wildman–Crippen MR) is 114 cm³/mol. The predicted octanol–water partition coefficient (Wildman–Crippen LogP) is 2.70. The smallest absolute Gasteiger partial charge is 0.222 e. The standard InChI is InChI=1S/C22H30N4O3/c1-25-9-7-17(8-10-25)26(2)21(28)4-3-11-29-18-5-6-19-15(13-18)12-16-14-20(27)24-22(16)23-19/h5-6,12-14,17,19,23-24,27H,3-4,7-11H2,1-2H3. The highest BCUT2D eigenvalue weighted by atomic mass is 16.5. The quantitative estimate of drug-likeness (QED) is 0.642. The van der Waals surface area contributed by atoms with Crippen LogP contribution in [0.1, 0.15) is 31.2 Å². The molecule has 1 atom stereocenters. The summed E-state index contributed by atoms with van der Waals surface area (Å²) in [5.74, 6) is 1.98. The number of hydrogen-bond donors (Lipinski definition) is 3. The number of ether oxygens (including phenoxy) is 1. The molecule has 0 radical (unpaired) electrons. The first-order valence-corrected chi connectivity index (χ1v) is 10.4. The molecule has 1 aromatic heterocycles. The van der Waals surface area contributed by atoms with E-state index in [2.05, 4.69) is 22.2 Å². The van der Waals surface area contributed by atoms with Gasteiger partial charge in [0.15, 0.2) is 5.88 Å². The molecule has 3 heterocycles. The second kappa shape index (κ2) is 8.37. The van der Waals surface area contributed by atoms with Gasteiger partial charge in [-0.15, -0.1) is 0 Å². The Labute approximate surface area is 171 Å². The van der Waals surface area contributed by atoms with Crippen molar-refractivity contribution in [2.45, 2.75) is 37.8 Å². The number of aromatic nitrogens is 1. The van der Waals surface area contributed by atoms with Gasteiger partial charge in [0.2, 0.25) is 5.91 Å². The van der Waals surface area contributed by atoms with E-state index in [0.29, 0.717) is 25.5 Å². The van der Waals surface area contributed by atoms with Gasteiger partial charge in [0.25, 0.3) is 0 Å². The second-order valence-corrected chi connectivity index (χ2v) is 8.15. The SMILES string of the molecule is CN1CCC(N(C)C(=O)CCCOC2=CC3=Cc4cc(O)[nH]c4NC3C=C2)CC1. The third-order valence-corrected chi connectivity index (χ3v) is 6.01. The second-order valence-electron chi connectivity index (χ2n) is 8.15. The molecule has 156 valence electrons. The van der Waals surface area contributed by atoms with Crippen molar-refractivity contribution in [3.63, 3.8) is 0 Å². The van der Waals surface area contributed by atoms with E-state index in [1.54, 1.807) is 6.07 Å². The van der Waals surface area contributed by atoms with Gasteiger partial charge in [0.1, 0.15) is 11.6 Å². The van der Waals surface area contributed by atoms with Gasteiger partial charge in [-0.05, 0) is 63.2 Å². The van der Waals surface area contributed by atoms with E-state index in [4.69, 9.17) is 4.74 Å². The Balaban J connectivity index is 1.24. The van der Waals surface area contributed by atoms with Gasteiger partial charge in [0, 0.05) is 31.1 Å². The molecular formula is C22H30N4O3. The fourth-order valence-corrected chi connectivity index (χ4v) is 4.16. The summed E-state index contributed by atoms with van der Waals surface area (Å²) >= 11 is 0. The van der Waals surface area contributed by atoms with Gasteiger partial charge in [-0.3, -0.25) is 4.79 Å². The van der Waals surface area contributed by atoms with Crippen molar-refractivity contribution >= 4 is 17.8 Å². The first-order chi connectivity index (χ1) is 14.0. The lowest BCUT2D eigenvalue weighted by atomic mass is 9.96. The van der Waals surface area contributed by atoms with Gasteiger partial charge < -0.3 is 29.9 Å². The highest BCUT2D eigenvalue weighted by Crippen LogP contribution is 2.33. The molecule has 7 nitrogen and oxygen atoms in total. The summed E-state index contributed by atoms with van der Waals surface area (Å²) in [6, 6.07) is 2.13. The van der Waals surface area contributed by atoms with Crippen molar-refractivity contribution in [3.8, 4) is 5.88 Å². The molecule has 1 amide bonds. The molecule has 3 aliphatic rings. The highest BCUT2D eigenvalue weighted by molar-refractivity contribution is 5.76. The minimum atomic E-state index is 0.0673. The van der Waals surface area contributed by atoms with E-state index in [9.17, 15) is 9.90 Å². The maximum absolute atomic E-state index is 12.5. The average molecular weight is 399 g/mol. The number of aromatic hydroxyl groups is 1. The van der Waals surface area contributed by atoms with Crippen LogP contribution in [0, 0.1) is 0 Å². The van der Waals surface area contributed by atoms with Crippen molar-refractivity contribution in [1.82, 2.24) is 14.8 Å². The highest BCUT2D eigenvalue weighted by Gasteiger charge is 2.24. The summed E-state index contributed by atoms with van der Waals surface area (Å²) in [5, 5.41) is 13.0. The Morgan fingerprint density at radius 1 is 1.34 bits per heavy atom. The topological polar surface area (TPSA) is 80.8 Å². The van der Waals surface area contributed by atoms with Gasteiger partial charge in [0.05, 0.1) is 12.6 Å². The molecule has 0 bridgehead atoms. The Morgan fingerprint density at radius 2 is 2.14 bits per heavy atom. The van der Waals surface area contributed by atoms with Crippen LogP contribution in [0.25, 0.3) is 6.08 Å². The number of fused-ring (bicyclic) bond motifs is 2. The zero-order valence-corrected chi connectivity index (χ0v) is 17.1. The van der Waals surface area contributed by atoms with Gasteiger partial charge in [-0.25, -0.2) is 0 Å². The van der Waals surface area contributed by atoms with Crippen molar-refractivity contribution in [2.24, 2.45) is 0 Å².